The maximum Gasteiger partial charge on any atom is 0.360 e. The summed E-state index contributed by atoms with van der Waals surface area (Å²) in [6.45, 7) is 3.77. The molecule has 0 bridgehead atoms. The monoisotopic (exact) mass is 401 g/mol. The number of aromatic nitrogens is 2. The number of aryl methyl sites for hydroxylation is 2. The van der Waals surface area contributed by atoms with E-state index in [1.165, 1.54) is 7.11 Å². The number of methoxy groups -OCH3 is 1. The Hall–Kier alpha value is -1.34. The second-order valence-electron chi connectivity index (χ2n) is 4.30. The van der Waals surface area contributed by atoms with Gasteiger partial charge in [0.15, 0.2) is 5.69 Å². The SMILES string of the molecule is COC(=O)c1nc(C)n(-c2c(Br)cc(C)cc2Br)c1N. The van der Waals surface area contributed by atoms with E-state index in [9.17, 15) is 4.79 Å². The number of nitrogens with two attached hydrogens (primary N) is 1. The molecule has 1 aromatic carbocycles. The number of rotatable bonds is 2. The molecule has 5 nitrogen and oxygen atoms in total. The van der Waals surface area contributed by atoms with Crippen LogP contribution in [0.3, 0.4) is 0 Å². The average Bonchev–Trinajstić information content (AvgIpc) is 2.65. The lowest BCUT2D eigenvalue weighted by molar-refractivity contribution is 0.0596. The van der Waals surface area contributed by atoms with Gasteiger partial charge in [0.05, 0.1) is 12.8 Å². The van der Waals surface area contributed by atoms with Crippen LogP contribution in [0.1, 0.15) is 21.9 Å². The molecule has 0 radical (unpaired) electrons. The summed E-state index contributed by atoms with van der Waals surface area (Å²) in [5, 5.41) is 0. The molecule has 1 aromatic heterocycles. The van der Waals surface area contributed by atoms with Gasteiger partial charge in [-0.1, -0.05) is 0 Å². The normalized spacial score (nSPS) is 10.7. The van der Waals surface area contributed by atoms with Crippen molar-refractivity contribution in [1.29, 1.82) is 0 Å². The minimum Gasteiger partial charge on any atom is -0.464 e. The van der Waals surface area contributed by atoms with Gasteiger partial charge in [-0.2, -0.15) is 0 Å². The van der Waals surface area contributed by atoms with E-state index in [1.54, 1.807) is 11.5 Å². The molecule has 0 spiro atoms. The van der Waals surface area contributed by atoms with Crippen LogP contribution in [0.25, 0.3) is 5.69 Å². The van der Waals surface area contributed by atoms with Gasteiger partial charge in [0.2, 0.25) is 0 Å². The predicted octanol–water partition coefficient (Wildman–Crippen LogP) is 3.38. The van der Waals surface area contributed by atoms with Crippen LogP contribution in [0.2, 0.25) is 0 Å². The molecule has 1 heterocycles. The van der Waals surface area contributed by atoms with Crippen molar-refractivity contribution in [3.8, 4) is 5.69 Å². The standard InChI is InChI=1S/C13H13Br2N3O2/c1-6-4-8(14)11(9(15)5-6)18-7(2)17-10(12(18)16)13(19)20-3/h4-5H,16H2,1-3H3. The van der Waals surface area contributed by atoms with Crippen LogP contribution in [-0.4, -0.2) is 22.6 Å². The average molecular weight is 403 g/mol. The highest BCUT2D eigenvalue weighted by atomic mass is 79.9. The lowest BCUT2D eigenvalue weighted by Crippen LogP contribution is -2.08. The van der Waals surface area contributed by atoms with Crippen molar-refractivity contribution in [2.75, 3.05) is 12.8 Å². The first-order chi connectivity index (χ1) is 9.36. The third kappa shape index (κ3) is 2.47. The van der Waals surface area contributed by atoms with Crippen molar-refractivity contribution < 1.29 is 9.53 Å². The van der Waals surface area contributed by atoms with Gasteiger partial charge in [0.1, 0.15) is 11.6 Å². The van der Waals surface area contributed by atoms with E-state index in [1.807, 2.05) is 19.1 Å². The van der Waals surface area contributed by atoms with Gasteiger partial charge >= 0.3 is 5.97 Å². The van der Waals surface area contributed by atoms with Gasteiger partial charge in [0.25, 0.3) is 0 Å². The molecule has 0 aliphatic carbocycles. The van der Waals surface area contributed by atoms with Crippen molar-refractivity contribution in [2.24, 2.45) is 0 Å². The third-order valence-electron chi connectivity index (χ3n) is 2.84. The van der Waals surface area contributed by atoms with Crippen molar-refractivity contribution in [3.05, 3.63) is 38.2 Å². The van der Waals surface area contributed by atoms with Crippen LogP contribution in [0.4, 0.5) is 5.82 Å². The second-order valence-corrected chi connectivity index (χ2v) is 6.01. The molecular weight excluding hydrogens is 390 g/mol. The fraction of sp³-hybridized carbons (Fsp3) is 0.231. The summed E-state index contributed by atoms with van der Waals surface area (Å²) in [5.74, 6) is 0.302. The Labute approximate surface area is 133 Å². The zero-order valence-corrected chi connectivity index (χ0v) is 14.4. The van der Waals surface area contributed by atoms with Gasteiger partial charge in [0, 0.05) is 8.95 Å². The number of nitrogens with zero attached hydrogens (tertiary/aromatic N) is 2. The molecule has 2 aromatic rings. The zero-order valence-electron chi connectivity index (χ0n) is 11.2. The molecule has 0 aliphatic rings. The highest BCUT2D eigenvalue weighted by molar-refractivity contribution is 9.11. The quantitative estimate of drug-likeness (QED) is 0.781. The zero-order chi connectivity index (χ0) is 15.0. The number of hydrogen-bond donors (Lipinski definition) is 1. The number of anilines is 1. The summed E-state index contributed by atoms with van der Waals surface area (Å²) in [5.41, 5.74) is 8.06. The Morgan fingerprint density at radius 3 is 2.35 bits per heavy atom. The molecule has 0 amide bonds. The maximum absolute atomic E-state index is 11.7. The van der Waals surface area contributed by atoms with Gasteiger partial charge in [-0.05, 0) is 63.4 Å². The van der Waals surface area contributed by atoms with Crippen LogP contribution in [0.15, 0.2) is 21.1 Å². The van der Waals surface area contributed by atoms with Crippen molar-refractivity contribution >= 4 is 43.6 Å². The molecule has 0 saturated carbocycles. The van der Waals surface area contributed by atoms with E-state index in [-0.39, 0.29) is 11.5 Å². The third-order valence-corrected chi connectivity index (χ3v) is 4.05. The van der Waals surface area contributed by atoms with Gasteiger partial charge in [-0.3, -0.25) is 4.57 Å². The molecule has 0 atom stereocenters. The molecular formula is C13H13Br2N3O2. The van der Waals surface area contributed by atoms with E-state index in [0.717, 1.165) is 20.2 Å². The Bertz CT molecular complexity index is 672. The number of esters is 1. The fourth-order valence-corrected chi connectivity index (χ4v) is 3.75. The van der Waals surface area contributed by atoms with Crippen molar-refractivity contribution in [2.45, 2.75) is 13.8 Å². The molecule has 0 unspecified atom stereocenters. The lowest BCUT2D eigenvalue weighted by atomic mass is 10.2. The highest BCUT2D eigenvalue weighted by Crippen LogP contribution is 2.34. The Morgan fingerprint density at radius 1 is 1.30 bits per heavy atom. The summed E-state index contributed by atoms with van der Waals surface area (Å²) in [4.78, 5) is 15.8. The fourth-order valence-electron chi connectivity index (χ4n) is 1.98. The van der Waals surface area contributed by atoms with E-state index in [0.29, 0.717) is 5.82 Å². The molecule has 106 valence electrons. The van der Waals surface area contributed by atoms with Crippen LogP contribution in [0, 0.1) is 13.8 Å². The minimum absolute atomic E-state index is 0.115. The largest absolute Gasteiger partial charge is 0.464 e. The Kier molecular flexibility index (Phi) is 4.19. The van der Waals surface area contributed by atoms with E-state index < -0.39 is 5.97 Å². The summed E-state index contributed by atoms with van der Waals surface area (Å²) in [7, 11) is 1.30. The van der Waals surface area contributed by atoms with Crippen molar-refractivity contribution in [1.82, 2.24) is 9.55 Å². The first-order valence-corrected chi connectivity index (χ1v) is 7.34. The maximum atomic E-state index is 11.7. The number of ether oxygens (including phenoxy) is 1. The second kappa shape index (κ2) is 5.57. The molecule has 20 heavy (non-hydrogen) atoms. The molecule has 0 fully saturated rings. The summed E-state index contributed by atoms with van der Waals surface area (Å²) < 4.78 is 8.10. The summed E-state index contributed by atoms with van der Waals surface area (Å²) >= 11 is 7.03. The summed E-state index contributed by atoms with van der Waals surface area (Å²) in [6.07, 6.45) is 0. The van der Waals surface area contributed by atoms with E-state index in [2.05, 4.69) is 41.6 Å². The number of imidazole rings is 1. The number of halogens is 2. The number of hydrogen-bond acceptors (Lipinski definition) is 4. The number of carbonyl (C=O) groups excluding carboxylic acids is 1. The smallest absolute Gasteiger partial charge is 0.360 e. The van der Waals surface area contributed by atoms with Gasteiger partial charge in [-0.15, -0.1) is 0 Å². The molecule has 2 rings (SSSR count). The number of nitrogen functional groups attached to an aromatic ring is 1. The molecule has 7 heteroatoms. The topological polar surface area (TPSA) is 70.1 Å². The first kappa shape index (κ1) is 15.1. The van der Waals surface area contributed by atoms with Crippen LogP contribution < -0.4 is 5.73 Å². The van der Waals surface area contributed by atoms with E-state index >= 15 is 0 Å². The summed E-state index contributed by atoms with van der Waals surface area (Å²) in [6, 6.07) is 3.94. The van der Waals surface area contributed by atoms with Crippen LogP contribution >= 0.6 is 31.9 Å². The Morgan fingerprint density at radius 2 is 1.85 bits per heavy atom. The number of carbonyl (C=O) groups is 1. The molecule has 2 N–H and O–H groups in total. The molecule has 0 aliphatic heterocycles. The lowest BCUT2D eigenvalue weighted by Gasteiger charge is -2.13. The predicted molar refractivity (Wildman–Crippen MR) is 84.2 cm³/mol. The van der Waals surface area contributed by atoms with Crippen LogP contribution in [-0.2, 0) is 4.74 Å². The first-order valence-electron chi connectivity index (χ1n) is 5.76. The minimum atomic E-state index is -0.552. The van der Waals surface area contributed by atoms with Crippen molar-refractivity contribution in [3.63, 3.8) is 0 Å². The van der Waals surface area contributed by atoms with Gasteiger partial charge in [-0.25, -0.2) is 9.78 Å². The van der Waals surface area contributed by atoms with Gasteiger partial charge < -0.3 is 10.5 Å². The van der Waals surface area contributed by atoms with Crippen LogP contribution in [0.5, 0.6) is 0 Å². The molecule has 0 saturated heterocycles. The number of benzene rings is 1. The van der Waals surface area contributed by atoms with E-state index in [4.69, 9.17) is 5.73 Å². The Balaban J connectivity index is 2.71. The highest BCUT2D eigenvalue weighted by Gasteiger charge is 2.22.